The van der Waals surface area contributed by atoms with Gasteiger partial charge < -0.3 is 9.11 Å². The molecule has 10 heteroatoms. The second kappa shape index (κ2) is 12.3. The first-order chi connectivity index (χ1) is 19.0. The summed E-state index contributed by atoms with van der Waals surface area (Å²) in [6, 6.07) is 9.78. The normalized spacial score (nSPS) is 20.0. The van der Waals surface area contributed by atoms with Crippen molar-refractivity contribution in [2.24, 2.45) is 0 Å². The molecule has 3 aliphatic rings. The summed E-state index contributed by atoms with van der Waals surface area (Å²) in [5.41, 5.74) is 16.7. The van der Waals surface area contributed by atoms with Gasteiger partial charge in [-0.25, -0.2) is 16.8 Å². The van der Waals surface area contributed by atoms with Gasteiger partial charge in [0.05, 0.1) is 20.2 Å². The fraction of sp³-hybridized carbons (Fsp3) is 0.500. The Hall–Kier alpha value is -1.16. The minimum atomic E-state index is -3.92. The number of benzene rings is 2. The van der Waals surface area contributed by atoms with Crippen LogP contribution in [0.15, 0.2) is 35.4 Å². The van der Waals surface area contributed by atoms with Gasteiger partial charge in [-0.05, 0) is 0 Å². The summed E-state index contributed by atoms with van der Waals surface area (Å²) in [5.74, 6) is 1.16. The fourth-order valence-electron chi connectivity index (χ4n) is 7.18. The number of allylic oxidation sites excluding steroid dienone is 2. The van der Waals surface area contributed by atoms with Gasteiger partial charge in [0, 0.05) is 12.5 Å². The standard InChI is InChI=1S/C30H38Si.2CH4O3S.Zr/c1-17(2)23-13-11-19(5)25-15-21(7)29(27(23)25)31(9,10)30-22(8)16-26-20(6)12-14-24(18(3)4)28(26)30;2*1-5(2,3)4;/h11-18H,1-10H3;2*1H3,(H,2,3,4);/q;;;+2/p-2. The molecule has 0 fully saturated rings. The SMILES string of the molecule is CC1=C2c3c(C(C)C)ccc(C)c3[CH]1[Zr+2][CH]1C(C)=C(c3c(C(C)C)ccc(C)c31)[Si]2(C)C.CS(=O)(=O)[O-].CS(=O)(=O)[O-]. The Morgan fingerprint density at radius 3 is 1.21 bits per heavy atom. The molecule has 0 radical (unpaired) electrons. The van der Waals surface area contributed by atoms with E-state index in [0.29, 0.717) is 24.3 Å². The maximum absolute atomic E-state index is 9.08. The van der Waals surface area contributed by atoms with Gasteiger partial charge in [-0.3, -0.25) is 0 Å². The van der Waals surface area contributed by atoms with E-state index in [1.54, 1.807) is 55.7 Å². The van der Waals surface area contributed by atoms with E-state index in [2.05, 4.69) is 92.7 Å². The summed E-state index contributed by atoms with van der Waals surface area (Å²) >= 11 is -0.785. The average molecular weight is 708 g/mol. The minimum Gasteiger partial charge on any atom is -0.748 e. The first-order valence-corrected chi connectivity index (χ1v) is 23.7. The van der Waals surface area contributed by atoms with Gasteiger partial charge in [0.25, 0.3) is 0 Å². The van der Waals surface area contributed by atoms with Crippen molar-refractivity contribution < 1.29 is 49.2 Å². The van der Waals surface area contributed by atoms with E-state index in [-0.39, 0.29) is 0 Å². The fourth-order valence-corrected chi connectivity index (χ4v) is 17.6. The molecule has 0 saturated heterocycles. The third kappa shape index (κ3) is 7.05. The van der Waals surface area contributed by atoms with Crippen molar-refractivity contribution in [1.82, 2.24) is 0 Å². The molecule has 2 atom stereocenters. The van der Waals surface area contributed by atoms with Crippen molar-refractivity contribution in [3.63, 3.8) is 0 Å². The van der Waals surface area contributed by atoms with Crippen LogP contribution in [0.5, 0.6) is 0 Å². The van der Waals surface area contributed by atoms with Crippen molar-refractivity contribution >= 4 is 38.7 Å². The zero-order chi connectivity index (χ0) is 32.3. The van der Waals surface area contributed by atoms with Crippen LogP contribution in [0.2, 0.25) is 13.1 Å². The number of hydrogen-bond acceptors (Lipinski definition) is 6. The number of fused-ring (bicyclic) bond motifs is 8. The smallest absolute Gasteiger partial charge is 0.0916 e. The quantitative estimate of drug-likeness (QED) is 0.243. The van der Waals surface area contributed by atoms with Crippen molar-refractivity contribution in [2.75, 3.05) is 12.5 Å². The van der Waals surface area contributed by atoms with Gasteiger partial charge >= 0.3 is 209 Å². The zero-order valence-electron chi connectivity index (χ0n) is 26.9. The van der Waals surface area contributed by atoms with Crippen LogP contribution in [0.3, 0.4) is 0 Å². The largest absolute Gasteiger partial charge is 0.748 e. The number of hydrogen-bond donors (Lipinski definition) is 0. The molecule has 1 heterocycles. The van der Waals surface area contributed by atoms with Crippen molar-refractivity contribution in [3.05, 3.63) is 79.9 Å². The molecule has 0 spiro atoms. The van der Waals surface area contributed by atoms with E-state index in [9.17, 15) is 0 Å². The van der Waals surface area contributed by atoms with Crippen LogP contribution in [0.4, 0.5) is 0 Å². The van der Waals surface area contributed by atoms with Crippen LogP contribution in [0.25, 0.3) is 10.4 Å². The topological polar surface area (TPSA) is 114 Å². The molecule has 6 nitrogen and oxygen atoms in total. The second-order valence-electron chi connectivity index (χ2n) is 13.0. The molecule has 0 saturated carbocycles. The number of aryl methyl sites for hydroxylation is 2. The van der Waals surface area contributed by atoms with Crippen LogP contribution in [-0.2, 0) is 43.5 Å². The second-order valence-corrected chi connectivity index (χ2v) is 23.7. The molecule has 2 unspecified atom stereocenters. The molecular formula is C32H44O6S2SiZr. The molecule has 0 aromatic heterocycles. The Balaban J connectivity index is 0.000000420. The molecule has 4 bridgehead atoms. The summed E-state index contributed by atoms with van der Waals surface area (Å²) in [4.78, 5) is 0. The van der Waals surface area contributed by atoms with Crippen LogP contribution in [0.1, 0.15) is 105 Å². The first-order valence-electron chi connectivity index (χ1n) is 14.3. The minimum absolute atomic E-state index is 0.579. The van der Waals surface area contributed by atoms with Crippen molar-refractivity contribution in [2.45, 2.75) is 87.6 Å². The molecule has 42 heavy (non-hydrogen) atoms. The summed E-state index contributed by atoms with van der Waals surface area (Å²) < 4.78 is 55.9. The monoisotopic (exact) mass is 706 g/mol. The molecule has 2 aliphatic carbocycles. The maximum Gasteiger partial charge on any atom is 0.0916 e. The molecule has 2 aromatic carbocycles. The maximum atomic E-state index is 9.08. The molecule has 228 valence electrons. The molecule has 0 amide bonds. The predicted octanol–water partition coefficient (Wildman–Crippen LogP) is 7.11. The van der Waals surface area contributed by atoms with Gasteiger partial charge in [0.15, 0.2) is 0 Å². The first kappa shape index (κ1) is 35.3. The Kier molecular flexibility index (Phi) is 10.4. The van der Waals surface area contributed by atoms with Crippen LogP contribution in [0, 0.1) is 13.8 Å². The molecular weight excluding hydrogens is 664 g/mol. The third-order valence-electron chi connectivity index (χ3n) is 8.55. The van der Waals surface area contributed by atoms with Crippen molar-refractivity contribution in [3.8, 4) is 0 Å². The van der Waals surface area contributed by atoms with Gasteiger partial charge in [0.2, 0.25) is 0 Å². The third-order valence-corrected chi connectivity index (χ3v) is 17.5. The zero-order valence-corrected chi connectivity index (χ0v) is 32.0. The molecule has 2 aromatic rings. The van der Waals surface area contributed by atoms with Crippen molar-refractivity contribution in [1.29, 1.82) is 0 Å². The van der Waals surface area contributed by atoms with E-state index in [4.69, 9.17) is 25.9 Å². The van der Waals surface area contributed by atoms with Gasteiger partial charge in [-0.2, -0.15) is 0 Å². The van der Waals surface area contributed by atoms with E-state index >= 15 is 0 Å². The van der Waals surface area contributed by atoms with Gasteiger partial charge in [0.1, 0.15) is 0 Å². The van der Waals surface area contributed by atoms with Gasteiger partial charge in [-0.1, -0.05) is 0 Å². The summed E-state index contributed by atoms with van der Waals surface area (Å²) in [7, 11) is -9.72. The van der Waals surface area contributed by atoms with Crippen LogP contribution < -0.4 is 0 Å². The Labute approximate surface area is 266 Å². The van der Waals surface area contributed by atoms with Gasteiger partial charge in [-0.15, -0.1) is 0 Å². The number of rotatable bonds is 2. The van der Waals surface area contributed by atoms with E-state index in [1.165, 1.54) is 0 Å². The van der Waals surface area contributed by atoms with E-state index in [0.717, 1.165) is 7.25 Å². The molecule has 1 aliphatic heterocycles. The predicted molar refractivity (Wildman–Crippen MR) is 170 cm³/mol. The van der Waals surface area contributed by atoms with Crippen LogP contribution >= 0.6 is 0 Å². The average Bonchev–Trinajstić information content (AvgIpc) is 3.26. The van der Waals surface area contributed by atoms with Crippen LogP contribution in [-0.4, -0.2) is 46.5 Å². The Bertz CT molecular complexity index is 1560. The summed E-state index contributed by atoms with van der Waals surface area (Å²) in [5, 5.41) is 3.62. The van der Waals surface area contributed by atoms with E-state index < -0.39 is 51.5 Å². The molecule has 5 rings (SSSR count). The summed E-state index contributed by atoms with van der Waals surface area (Å²) in [6.07, 6.45) is 1.21. The Morgan fingerprint density at radius 1 is 0.667 bits per heavy atom. The Morgan fingerprint density at radius 2 is 0.952 bits per heavy atom. The summed E-state index contributed by atoms with van der Waals surface area (Å²) in [6.45, 7) is 24.8. The van der Waals surface area contributed by atoms with E-state index in [1.807, 2.05) is 10.4 Å². The molecule has 0 N–H and O–H groups in total.